The van der Waals surface area contributed by atoms with Crippen molar-refractivity contribution in [1.82, 2.24) is 15.2 Å². The number of nitrogens with zero attached hydrogens (tertiary/aromatic N) is 3. The van der Waals surface area contributed by atoms with Crippen LogP contribution >= 0.6 is 11.6 Å². The van der Waals surface area contributed by atoms with E-state index < -0.39 is 0 Å². The van der Waals surface area contributed by atoms with Gasteiger partial charge < -0.3 is 15.4 Å². The molecule has 1 saturated heterocycles. The lowest BCUT2D eigenvalue weighted by atomic mass is 10.0. The van der Waals surface area contributed by atoms with Gasteiger partial charge in [-0.05, 0) is 54.3 Å². The minimum absolute atomic E-state index is 0.0823. The molecule has 5 rings (SSSR count). The van der Waals surface area contributed by atoms with Crippen LogP contribution < -0.4 is 15.4 Å². The number of pyridine rings is 1. The van der Waals surface area contributed by atoms with E-state index in [0.29, 0.717) is 39.6 Å². The van der Waals surface area contributed by atoms with E-state index in [-0.39, 0.29) is 11.9 Å². The second kappa shape index (κ2) is 12.2. The van der Waals surface area contributed by atoms with E-state index in [2.05, 4.69) is 50.9 Å². The van der Waals surface area contributed by atoms with Crippen LogP contribution in [-0.2, 0) is 13.1 Å². The number of carbonyl (C=O) groups excluding carboxylic acids is 1. The second-order valence-electron chi connectivity index (χ2n) is 9.72. The number of ether oxygens (including phenoxy) is 1. The molecule has 1 aliphatic rings. The Morgan fingerprint density at radius 3 is 2.62 bits per heavy atom. The lowest BCUT2D eigenvalue weighted by molar-refractivity contribution is 0.0909. The van der Waals surface area contributed by atoms with Gasteiger partial charge >= 0.3 is 0 Å². The molecule has 0 saturated carbocycles. The summed E-state index contributed by atoms with van der Waals surface area (Å²) in [5.74, 6) is 0.423. The van der Waals surface area contributed by atoms with Crippen LogP contribution in [0.3, 0.4) is 0 Å². The highest BCUT2D eigenvalue weighted by molar-refractivity contribution is 6.32. The van der Waals surface area contributed by atoms with Gasteiger partial charge in [0.25, 0.3) is 5.91 Å². The molecule has 2 heterocycles. The van der Waals surface area contributed by atoms with Gasteiger partial charge in [-0.1, -0.05) is 48.0 Å². The van der Waals surface area contributed by atoms with E-state index in [0.717, 1.165) is 43.4 Å². The number of rotatable bonds is 8. The van der Waals surface area contributed by atoms with Crippen molar-refractivity contribution in [2.75, 3.05) is 25.5 Å². The van der Waals surface area contributed by atoms with Gasteiger partial charge in [-0.3, -0.25) is 14.7 Å². The van der Waals surface area contributed by atoms with E-state index in [1.165, 1.54) is 5.56 Å². The van der Waals surface area contributed by atoms with Gasteiger partial charge in [-0.2, -0.15) is 5.26 Å². The van der Waals surface area contributed by atoms with Crippen molar-refractivity contribution in [2.45, 2.75) is 32.0 Å². The summed E-state index contributed by atoms with van der Waals surface area (Å²) in [6.45, 7) is 3.19. The van der Waals surface area contributed by atoms with Gasteiger partial charge in [0.15, 0.2) is 0 Å². The maximum atomic E-state index is 13.5. The molecule has 0 spiro atoms. The van der Waals surface area contributed by atoms with E-state index >= 15 is 0 Å². The summed E-state index contributed by atoms with van der Waals surface area (Å²) in [7, 11) is 1.58. The van der Waals surface area contributed by atoms with Crippen molar-refractivity contribution in [3.63, 3.8) is 0 Å². The fraction of sp³-hybridized carbons (Fsp3) is 0.258. The highest BCUT2D eigenvalue weighted by Crippen LogP contribution is 2.30. The second-order valence-corrected chi connectivity index (χ2v) is 10.1. The van der Waals surface area contributed by atoms with Gasteiger partial charge in [-0.15, -0.1) is 0 Å². The molecule has 1 aromatic heterocycles. The number of nitrogens with one attached hydrogen (secondary N) is 2. The zero-order valence-corrected chi connectivity index (χ0v) is 22.5. The SMILES string of the molecule is COc1ccc(CNc2c(C(=O)NC3CCN(Cc4ccccc4)CC3)cnc3ccc(C#N)cc23)cc1Cl. The molecule has 1 aliphatic heterocycles. The summed E-state index contributed by atoms with van der Waals surface area (Å²) >= 11 is 6.33. The largest absolute Gasteiger partial charge is 0.495 e. The molecule has 3 aromatic carbocycles. The number of benzene rings is 3. The Kier molecular flexibility index (Phi) is 8.26. The van der Waals surface area contributed by atoms with Crippen LogP contribution in [-0.4, -0.2) is 42.0 Å². The van der Waals surface area contributed by atoms with Crippen LogP contribution in [0.4, 0.5) is 5.69 Å². The molecule has 2 N–H and O–H groups in total. The Bertz CT molecular complexity index is 1510. The lowest BCUT2D eigenvalue weighted by Gasteiger charge is -2.32. The highest BCUT2D eigenvalue weighted by atomic mass is 35.5. The van der Waals surface area contributed by atoms with E-state index in [1.54, 1.807) is 31.5 Å². The maximum absolute atomic E-state index is 13.5. The van der Waals surface area contributed by atoms with Crippen molar-refractivity contribution < 1.29 is 9.53 Å². The van der Waals surface area contributed by atoms with Crippen LogP contribution in [0.5, 0.6) is 5.75 Å². The standard InChI is InChI=1S/C31H30ClN5O2/c1-39-29-10-8-23(16-27(29)32)18-35-30-25-15-22(17-33)7-9-28(25)34-19-26(30)31(38)36-24-11-13-37(14-12-24)20-21-5-3-2-4-6-21/h2-10,15-16,19,24H,11-14,18,20H2,1H3,(H,34,35)(H,36,38). The predicted molar refractivity (Wildman–Crippen MR) is 154 cm³/mol. The van der Waals surface area contributed by atoms with Crippen molar-refractivity contribution in [1.29, 1.82) is 5.26 Å². The van der Waals surface area contributed by atoms with Gasteiger partial charge in [0.05, 0.1) is 40.5 Å². The molecule has 198 valence electrons. The Morgan fingerprint density at radius 1 is 1.10 bits per heavy atom. The normalized spacial score (nSPS) is 14.1. The number of amides is 1. The van der Waals surface area contributed by atoms with E-state index in [1.807, 2.05) is 24.3 Å². The monoisotopic (exact) mass is 539 g/mol. The third-order valence-electron chi connectivity index (χ3n) is 7.10. The average molecular weight is 540 g/mol. The molecule has 0 bridgehead atoms. The first-order valence-electron chi connectivity index (χ1n) is 13.0. The molecule has 0 radical (unpaired) electrons. The quantitative estimate of drug-likeness (QED) is 0.295. The smallest absolute Gasteiger partial charge is 0.255 e. The molecule has 8 heteroatoms. The molecule has 4 aromatic rings. The summed E-state index contributed by atoms with van der Waals surface area (Å²) in [4.78, 5) is 20.5. The molecule has 39 heavy (non-hydrogen) atoms. The van der Waals surface area contributed by atoms with Crippen molar-refractivity contribution >= 4 is 34.1 Å². The first kappa shape index (κ1) is 26.5. The van der Waals surface area contributed by atoms with Crippen LogP contribution in [0, 0.1) is 11.3 Å². The number of hydrogen-bond acceptors (Lipinski definition) is 6. The summed E-state index contributed by atoms with van der Waals surface area (Å²) in [5.41, 5.74) is 4.53. The topological polar surface area (TPSA) is 90.3 Å². The summed E-state index contributed by atoms with van der Waals surface area (Å²) in [5, 5.41) is 17.4. The van der Waals surface area contributed by atoms with Crippen LogP contribution in [0.1, 0.15) is 39.9 Å². The Morgan fingerprint density at radius 2 is 1.90 bits per heavy atom. The summed E-state index contributed by atoms with van der Waals surface area (Å²) in [6, 6.07) is 23.6. The van der Waals surface area contributed by atoms with Gasteiger partial charge in [-0.25, -0.2) is 0 Å². The number of methoxy groups -OCH3 is 1. The summed E-state index contributed by atoms with van der Waals surface area (Å²) < 4.78 is 5.26. The minimum atomic E-state index is -0.177. The number of piperidine rings is 1. The minimum Gasteiger partial charge on any atom is -0.495 e. The number of likely N-dealkylation sites (tertiary alicyclic amines) is 1. The molecule has 1 fully saturated rings. The Balaban J connectivity index is 1.33. The molecular formula is C31H30ClN5O2. The Hall–Kier alpha value is -4.12. The molecule has 1 amide bonds. The zero-order valence-electron chi connectivity index (χ0n) is 21.8. The van der Waals surface area contributed by atoms with Crippen LogP contribution in [0.2, 0.25) is 5.02 Å². The number of carbonyl (C=O) groups is 1. The number of fused-ring (bicyclic) bond motifs is 1. The highest BCUT2D eigenvalue weighted by Gasteiger charge is 2.23. The molecule has 0 unspecified atom stereocenters. The van der Waals surface area contributed by atoms with Crippen molar-refractivity contribution in [2.24, 2.45) is 0 Å². The van der Waals surface area contributed by atoms with E-state index in [9.17, 15) is 10.1 Å². The van der Waals surface area contributed by atoms with Gasteiger partial charge in [0.2, 0.25) is 0 Å². The number of nitriles is 1. The van der Waals surface area contributed by atoms with Gasteiger partial charge in [0, 0.05) is 43.8 Å². The zero-order chi connectivity index (χ0) is 27.2. The van der Waals surface area contributed by atoms with Crippen LogP contribution in [0.15, 0.2) is 72.9 Å². The number of aromatic nitrogens is 1. The number of hydrogen-bond donors (Lipinski definition) is 2. The molecule has 0 aliphatic carbocycles. The van der Waals surface area contributed by atoms with Crippen molar-refractivity contribution in [3.05, 3.63) is 100 Å². The number of halogens is 1. The molecule has 7 nitrogen and oxygen atoms in total. The third-order valence-corrected chi connectivity index (χ3v) is 7.39. The fourth-order valence-corrected chi connectivity index (χ4v) is 5.26. The summed E-state index contributed by atoms with van der Waals surface area (Å²) in [6.07, 6.45) is 3.37. The average Bonchev–Trinajstić information content (AvgIpc) is 2.97. The predicted octanol–water partition coefficient (Wildman–Crippen LogP) is 5.77. The first-order chi connectivity index (χ1) is 19.0. The Labute approximate surface area is 233 Å². The van der Waals surface area contributed by atoms with E-state index in [4.69, 9.17) is 16.3 Å². The third kappa shape index (κ3) is 6.31. The fourth-order valence-electron chi connectivity index (χ4n) is 4.98. The van der Waals surface area contributed by atoms with Gasteiger partial charge in [0.1, 0.15) is 5.75 Å². The first-order valence-corrected chi connectivity index (χ1v) is 13.4. The maximum Gasteiger partial charge on any atom is 0.255 e. The molecular weight excluding hydrogens is 510 g/mol. The molecule has 0 atom stereocenters. The van der Waals surface area contributed by atoms with Crippen molar-refractivity contribution in [3.8, 4) is 11.8 Å². The van der Waals surface area contributed by atoms with Crippen LogP contribution in [0.25, 0.3) is 10.9 Å². The lowest BCUT2D eigenvalue weighted by Crippen LogP contribution is -2.44. The number of anilines is 1.